The van der Waals surface area contributed by atoms with Crippen molar-refractivity contribution in [1.82, 2.24) is 10.2 Å². The summed E-state index contributed by atoms with van der Waals surface area (Å²) >= 11 is 7.25. The molecule has 1 aliphatic heterocycles. The van der Waals surface area contributed by atoms with Gasteiger partial charge in [-0.15, -0.1) is 0 Å². The minimum atomic E-state index is -0.490. The molecule has 0 aliphatic carbocycles. The molecule has 152 valence electrons. The minimum absolute atomic E-state index is 0.112. The first kappa shape index (κ1) is 21.2. The number of amides is 2. The molecule has 1 atom stereocenters. The van der Waals surface area contributed by atoms with Crippen LogP contribution in [0, 0.1) is 0 Å². The van der Waals surface area contributed by atoms with Crippen LogP contribution in [0.3, 0.4) is 0 Å². The van der Waals surface area contributed by atoms with E-state index in [9.17, 15) is 9.59 Å². The number of carbonyl (C=O) groups excluding carboxylic acids is 2. The molecule has 2 amide bonds. The Morgan fingerprint density at radius 2 is 1.93 bits per heavy atom. The Kier molecular flexibility index (Phi) is 7.17. The molecule has 6 nitrogen and oxygen atoms in total. The first-order valence-electron chi connectivity index (χ1n) is 9.16. The van der Waals surface area contributed by atoms with E-state index in [1.807, 2.05) is 48.5 Å². The fourth-order valence-corrected chi connectivity index (χ4v) is 4.19. The van der Waals surface area contributed by atoms with E-state index in [2.05, 4.69) is 10.3 Å². The van der Waals surface area contributed by atoms with Gasteiger partial charge in [-0.3, -0.25) is 14.5 Å². The number of benzene rings is 2. The fraction of sp³-hybridized carbons (Fsp3) is 0.286. The van der Waals surface area contributed by atoms with E-state index in [-0.39, 0.29) is 18.2 Å². The van der Waals surface area contributed by atoms with Crippen LogP contribution in [0.5, 0.6) is 5.75 Å². The number of amidine groups is 1. The van der Waals surface area contributed by atoms with E-state index < -0.39 is 5.25 Å². The van der Waals surface area contributed by atoms with Gasteiger partial charge in [-0.25, -0.2) is 4.99 Å². The number of hydrogen-bond donors (Lipinski definition) is 1. The van der Waals surface area contributed by atoms with Gasteiger partial charge in [-0.1, -0.05) is 35.5 Å². The number of carbonyl (C=O) groups is 2. The van der Waals surface area contributed by atoms with Crippen molar-refractivity contribution in [2.75, 3.05) is 20.7 Å². The van der Waals surface area contributed by atoms with Crippen molar-refractivity contribution in [3.05, 3.63) is 59.1 Å². The third-order valence-electron chi connectivity index (χ3n) is 4.51. The smallest absolute Gasteiger partial charge is 0.233 e. The van der Waals surface area contributed by atoms with Crippen LogP contribution in [0.1, 0.15) is 12.0 Å². The standard InChI is InChI=1S/C21H22ClN3O3S/c1-23-20(27)18-13-19(26)25(12-11-14-3-5-15(22)6-4-14)21(29-18)24-16-7-9-17(28-2)10-8-16/h3-10,18H,11-13H2,1-2H3,(H,23,27)/t18-/m0/s1. The van der Waals surface area contributed by atoms with Crippen LogP contribution in [-0.4, -0.2) is 47.8 Å². The van der Waals surface area contributed by atoms with Crippen molar-refractivity contribution in [2.24, 2.45) is 4.99 Å². The summed E-state index contributed by atoms with van der Waals surface area (Å²) < 4.78 is 5.18. The number of methoxy groups -OCH3 is 1. The van der Waals surface area contributed by atoms with Crippen LogP contribution in [0.15, 0.2) is 53.5 Å². The molecule has 2 aromatic rings. The van der Waals surface area contributed by atoms with Gasteiger partial charge in [0, 0.05) is 25.0 Å². The highest BCUT2D eigenvalue weighted by molar-refractivity contribution is 8.15. The van der Waals surface area contributed by atoms with Gasteiger partial charge in [0.05, 0.1) is 18.0 Å². The molecule has 1 aliphatic rings. The molecule has 0 radical (unpaired) electrons. The van der Waals surface area contributed by atoms with Crippen molar-refractivity contribution >= 4 is 46.0 Å². The molecule has 1 heterocycles. The molecule has 1 fully saturated rings. The lowest BCUT2D eigenvalue weighted by Gasteiger charge is -2.31. The Labute approximate surface area is 179 Å². The highest BCUT2D eigenvalue weighted by Gasteiger charge is 2.35. The number of rotatable bonds is 6. The zero-order valence-corrected chi connectivity index (χ0v) is 17.8. The molecule has 1 N–H and O–H groups in total. The minimum Gasteiger partial charge on any atom is -0.497 e. The van der Waals surface area contributed by atoms with Crippen LogP contribution in [-0.2, 0) is 16.0 Å². The molecule has 8 heteroatoms. The van der Waals surface area contributed by atoms with E-state index in [0.29, 0.717) is 28.8 Å². The molecular weight excluding hydrogens is 410 g/mol. The van der Waals surface area contributed by atoms with Crippen LogP contribution >= 0.6 is 23.4 Å². The van der Waals surface area contributed by atoms with E-state index in [1.165, 1.54) is 11.8 Å². The van der Waals surface area contributed by atoms with E-state index in [4.69, 9.17) is 16.3 Å². The molecule has 3 rings (SSSR count). The van der Waals surface area contributed by atoms with Gasteiger partial charge in [0.1, 0.15) is 5.75 Å². The van der Waals surface area contributed by atoms with Gasteiger partial charge in [-0.05, 0) is 48.4 Å². The summed E-state index contributed by atoms with van der Waals surface area (Å²) in [7, 11) is 3.17. The zero-order valence-electron chi connectivity index (χ0n) is 16.2. The predicted molar refractivity (Wildman–Crippen MR) is 117 cm³/mol. The van der Waals surface area contributed by atoms with Crippen LogP contribution in [0.25, 0.3) is 0 Å². The second-order valence-electron chi connectivity index (χ2n) is 6.44. The average molecular weight is 432 g/mol. The molecule has 0 bridgehead atoms. The summed E-state index contributed by atoms with van der Waals surface area (Å²) in [5.41, 5.74) is 1.76. The number of halogens is 1. The Balaban J connectivity index is 1.83. The van der Waals surface area contributed by atoms with Gasteiger partial charge in [0.25, 0.3) is 0 Å². The van der Waals surface area contributed by atoms with Gasteiger partial charge in [0.2, 0.25) is 11.8 Å². The van der Waals surface area contributed by atoms with E-state index >= 15 is 0 Å². The lowest BCUT2D eigenvalue weighted by molar-refractivity contribution is -0.130. The SMILES string of the molecule is CNC(=O)[C@@H]1CC(=O)N(CCc2ccc(Cl)cc2)C(=Nc2ccc(OC)cc2)S1. The monoisotopic (exact) mass is 431 g/mol. The van der Waals surface area contributed by atoms with Gasteiger partial charge in [-0.2, -0.15) is 0 Å². The molecule has 2 aromatic carbocycles. The maximum atomic E-state index is 12.8. The van der Waals surface area contributed by atoms with Crippen molar-refractivity contribution in [3.8, 4) is 5.75 Å². The van der Waals surface area contributed by atoms with E-state index in [1.54, 1.807) is 19.1 Å². The van der Waals surface area contributed by atoms with E-state index in [0.717, 1.165) is 11.3 Å². The second kappa shape index (κ2) is 9.80. The topological polar surface area (TPSA) is 71.0 Å². The first-order chi connectivity index (χ1) is 14.0. The number of nitrogens with one attached hydrogen (secondary N) is 1. The Bertz CT molecular complexity index is 900. The summed E-state index contributed by atoms with van der Waals surface area (Å²) in [4.78, 5) is 31.2. The Morgan fingerprint density at radius 1 is 1.24 bits per heavy atom. The largest absolute Gasteiger partial charge is 0.497 e. The van der Waals surface area contributed by atoms with Crippen molar-refractivity contribution in [2.45, 2.75) is 18.1 Å². The first-order valence-corrected chi connectivity index (χ1v) is 10.4. The molecule has 0 saturated carbocycles. The molecular formula is C21H22ClN3O3S. The third kappa shape index (κ3) is 5.52. The van der Waals surface area contributed by atoms with Crippen molar-refractivity contribution in [3.63, 3.8) is 0 Å². The average Bonchev–Trinajstić information content (AvgIpc) is 2.74. The third-order valence-corrected chi connectivity index (χ3v) is 5.95. The molecule has 0 spiro atoms. The quantitative estimate of drug-likeness (QED) is 0.757. The fourth-order valence-electron chi connectivity index (χ4n) is 2.88. The predicted octanol–water partition coefficient (Wildman–Crippen LogP) is 3.66. The number of aliphatic imine (C=N–C) groups is 1. The highest BCUT2D eigenvalue weighted by atomic mass is 35.5. The van der Waals surface area contributed by atoms with Gasteiger partial charge >= 0.3 is 0 Å². The van der Waals surface area contributed by atoms with Gasteiger partial charge in [0.15, 0.2) is 5.17 Å². The van der Waals surface area contributed by atoms with Crippen molar-refractivity contribution < 1.29 is 14.3 Å². The zero-order chi connectivity index (χ0) is 20.8. The summed E-state index contributed by atoms with van der Waals surface area (Å²) in [6.45, 7) is 0.475. The summed E-state index contributed by atoms with van der Waals surface area (Å²) in [5, 5.41) is 3.33. The summed E-state index contributed by atoms with van der Waals surface area (Å²) in [5.74, 6) is 0.436. The van der Waals surface area contributed by atoms with Gasteiger partial charge < -0.3 is 10.1 Å². The molecule has 0 aromatic heterocycles. The summed E-state index contributed by atoms with van der Waals surface area (Å²) in [6.07, 6.45) is 0.808. The molecule has 1 saturated heterocycles. The normalized spacial score (nSPS) is 18.0. The maximum absolute atomic E-state index is 12.8. The maximum Gasteiger partial charge on any atom is 0.233 e. The lowest BCUT2D eigenvalue weighted by Crippen LogP contribution is -2.46. The Hall–Kier alpha value is -2.51. The second-order valence-corrected chi connectivity index (χ2v) is 8.05. The van der Waals surface area contributed by atoms with Crippen molar-refractivity contribution in [1.29, 1.82) is 0 Å². The molecule has 29 heavy (non-hydrogen) atoms. The number of hydrogen-bond acceptors (Lipinski definition) is 5. The summed E-state index contributed by atoms with van der Waals surface area (Å²) in [6, 6.07) is 14.8. The molecule has 0 unspecified atom stereocenters. The lowest BCUT2D eigenvalue weighted by atomic mass is 10.1. The number of ether oxygens (including phenoxy) is 1. The van der Waals surface area contributed by atoms with Crippen LogP contribution in [0.4, 0.5) is 5.69 Å². The van der Waals surface area contributed by atoms with Crippen LogP contribution in [0.2, 0.25) is 5.02 Å². The number of thioether (sulfide) groups is 1. The highest BCUT2D eigenvalue weighted by Crippen LogP contribution is 2.30. The Morgan fingerprint density at radius 3 is 2.55 bits per heavy atom. The number of nitrogens with zero attached hydrogens (tertiary/aromatic N) is 2. The van der Waals surface area contributed by atoms with Crippen LogP contribution < -0.4 is 10.1 Å².